The summed E-state index contributed by atoms with van der Waals surface area (Å²) in [4.78, 5) is 13.7. The molecule has 0 spiro atoms. The van der Waals surface area contributed by atoms with Crippen molar-refractivity contribution in [1.29, 1.82) is 0 Å². The number of nitrogens with zero attached hydrogens (tertiary/aromatic N) is 4. The van der Waals surface area contributed by atoms with Crippen LogP contribution in [-0.2, 0) is 20.9 Å². The van der Waals surface area contributed by atoms with Gasteiger partial charge in [-0.05, 0) is 38.3 Å². The van der Waals surface area contributed by atoms with Crippen LogP contribution in [0.15, 0.2) is 29.3 Å². The summed E-state index contributed by atoms with van der Waals surface area (Å²) in [5.41, 5.74) is -0.501. The van der Waals surface area contributed by atoms with Gasteiger partial charge in [-0.2, -0.15) is 27.4 Å². The van der Waals surface area contributed by atoms with Crippen LogP contribution in [0, 0.1) is 0 Å². The summed E-state index contributed by atoms with van der Waals surface area (Å²) < 4.78 is 80.5. The van der Waals surface area contributed by atoms with Crippen LogP contribution in [0.4, 0.5) is 30.6 Å². The van der Waals surface area contributed by atoms with Gasteiger partial charge in [0.1, 0.15) is 17.2 Å². The summed E-state index contributed by atoms with van der Waals surface area (Å²) in [6, 6.07) is 4.63. The first-order valence-corrected chi connectivity index (χ1v) is 15.4. The van der Waals surface area contributed by atoms with E-state index in [0.717, 1.165) is 32.1 Å². The number of piperidine rings is 1. The minimum Gasteiger partial charge on any atom is -0.495 e. The first-order valence-electron chi connectivity index (χ1n) is 14.0. The summed E-state index contributed by atoms with van der Waals surface area (Å²) in [6.07, 6.45) is -1.57. The van der Waals surface area contributed by atoms with Crippen LogP contribution in [0.5, 0.6) is 5.75 Å². The molecule has 42 heavy (non-hydrogen) atoms. The van der Waals surface area contributed by atoms with E-state index in [1.807, 2.05) is 13.8 Å². The van der Waals surface area contributed by atoms with E-state index in [9.17, 15) is 21.6 Å². The molecule has 15 heteroatoms. The quantitative estimate of drug-likeness (QED) is 0.323. The SMILES string of the molecule is CCC(C)Nc1nc(Nc2ccc(S(=O)(=O)N3CCC(N4CCOCC4)CC3)cc2OC)nc2[nH]cc(C(F)(F)F)c12. The number of nitrogens with one attached hydrogen (secondary N) is 3. The molecule has 1 atom stereocenters. The lowest BCUT2D eigenvalue weighted by molar-refractivity contribution is -0.136. The highest BCUT2D eigenvalue weighted by molar-refractivity contribution is 7.89. The number of alkyl halides is 3. The number of H-pyrrole nitrogens is 1. The van der Waals surface area contributed by atoms with Crippen molar-refractivity contribution in [2.75, 3.05) is 57.1 Å². The molecule has 0 bridgehead atoms. The van der Waals surface area contributed by atoms with Crippen LogP contribution in [-0.4, -0.2) is 91.2 Å². The number of benzene rings is 1. The van der Waals surface area contributed by atoms with Gasteiger partial charge in [-0.3, -0.25) is 4.90 Å². The van der Waals surface area contributed by atoms with Crippen LogP contribution in [0.1, 0.15) is 38.7 Å². The average molecular weight is 612 g/mol. The molecule has 5 rings (SSSR count). The number of hydrogen-bond acceptors (Lipinski definition) is 9. The summed E-state index contributed by atoms with van der Waals surface area (Å²) in [5, 5.41) is 5.87. The standard InChI is InChI=1S/C27H36F3N7O4S/c1-4-17(2)32-25-23-20(27(28,29)30)16-31-24(23)34-26(35-25)33-21-6-5-19(15-22(21)40-3)42(38,39)37-9-7-18(8-10-37)36-11-13-41-14-12-36/h5-6,15-18H,4,7-14H2,1-3H3,(H3,31,32,33,34,35). The molecule has 0 saturated carbocycles. The van der Waals surface area contributed by atoms with Crippen molar-refractivity contribution in [2.45, 2.75) is 56.3 Å². The molecule has 2 aromatic heterocycles. The van der Waals surface area contributed by atoms with E-state index in [-0.39, 0.29) is 39.5 Å². The molecule has 1 unspecified atom stereocenters. The molecule has 2 saturated heterocycles. The Balaban J connectivity index is 1.37. The largest absolute Gasteiger partial charge is 0.495 e. The molecule has 4 heterocycles. The number of anilines is 3. The Hall–Kier alpha value is -3.14. The van der Waals surface area contributed by atoms with Gasteiger partial charge in [0.2, 0.25) is 16.0 Å². The Morgan fingerprint density at radius 2 is 1.88 bits per heavy atom. The highest BCUT2D eigenvalue weighted by atomic mass is 32.2. The molecule has 0 aliphatic carbocycles. The molecule has 0 radical (unpaired) electrons. The minimum absolute atomic E-state index is 0.00396. The average Bonchev–Trinajstić information content (AvgIpc) is 3.43. The van der Waals surface area contributed by atoms with E-state index in [1.165, 1.54) is 29.6 Å². The molecular weight excluding hydrogens is 575 g/mol. The van der Waals surface area contributed by atoms with E-state index < -0.39 is 21.8 Å². The Bertz CT molecular complexity index is 1500. The van der Waals surface area contributed by atoms with E-state index in [0.29, 0.717) is 44.5 Å². The van der Waals surface area contributed by atoms with Gasteiger partial charge in [0.15, 0.2) is 0 Å². The second kappa shape index (κ2) is 12.2. The fourth-order valence-corrected chi connectivity index (χ4v) is 6.83. The number of halogens is 3. The molecule has 2 fully saturated rings. The van der Waals surface area contributed by atoms with Crippen molar-refractivity contribution in [3.63, 3.8) is 0 Å². The zero-order valence-corrected chi connectivity index (χ0v) is 24.6. The molecule has 0 amide bonds. The molecule has 1 aromatic carbocycles. The van der Waals surface area contributed by atoms with Gasteiger partial charge >= 0.3 is 6.18 Å². The summed E-state index contributed by atoms with van der Waals surface area (Å²) in [5.74, 6) is 0.272. The first-order chi connectivity index (χ1) is 20.0. The Morgan fingerprint density at radius 3 is 2.52 bits per heavy atom. The van der Waals surface area contributed by atoms with E-state index >= 15 is 0 Å². The van der Waals surface area contributed by atoms with Crippen LogP contribution in [0.3, 0.4) is 0 Å². The lowest BCUT2D eigenvalue weighted by Crippen LogP contribution is -2.50. The summed E-state index contributed by atoms with van der Waals surface area (Å²) >= 11 is 0. The first kappa shape index (κ1) is 30.3. The molecule has 230 valence electrons. The van der Waals surface area contributed by atoms with Gasteiger partial charge in [0.05, 0.1) is 41.9 Å². The molecule has 2 aliphatic rings. The molecule has 11 nitrogen and oxygen atoms in total. The fraction of sp³-hybridized carbons (Fsp3) is 0.556. The van der Waals surface area contributed by atoms with Crippen LogP contribution < -0.4 is 15.4 Å². The maximum atomic E-state index is 13.7. The normalized spacial score (nSPS) is 18.7. The van der Waals surface area contributed by atoms with Crippen molar-refractivity contribution in [1.82, 2.24) is 24.2 Å². The predicted molar refractivity (Wildman–Crippen MR) is 153 cm³/mol. The highest BCUT2D eigenvalue weighted by Crippen LogP contribution is 2.39. The van der Waals surface area contributed by atoms with E-state index in [2.05, 4.69) is 30.5 Å². The Morgan fingerprint density at radius 1 is 1.17 bits per heavy atom. The Kier molecular flexibility index (Phi) is 8.83. The number of aromatic nitrogens is 3. The van der Waals surface area contributed by atoms with Crippen LogP contribution >= 0.6 is 0 Å². The monoisotopic (exact) mass is 611 g/mol. The molecule has 3 aromatic rings. The fourth-order valence-electron chi connectivity index (χ4n) is 5.35. The molecule has 2 aliphatic heterocycles. The summed E-state index contributed by atoms with van der Waals surface area (Å²) in [7, 11) is -2.36. The van der Waals surface area contributed by atoms with Gasteiger partial charge in [0.25, 0.3) is 0 Å². The molecule has 3 N–H and O–H groups in total. The summed E-state index contributed by atoms with van der Waals surface area (Å²) in [6.45, 7) is 7.72. The third kappa shape index (κ3) is 6.28. The van der Waals surface area contributed by atoms with Crippen molar-refractivity contribution in [3.05, 3.63) is 30.0 Å². The number of aromatic amines is 1. The van der Waals surface area contributed by atoms with Crippen molar-refractivity contribution >= 4 is 38.5 Å². The number of hydrogen-bond donors (Lipinski definition) is 3. The number of morpholine rings is 1. The maximum absolute atomic E-state index is 13.7. The smallest absolute Gasteiger partial charge is 0.418 e. The Labute approximate surface area is 242 Å². The third-order valence-corrected chi connectivity index (χ3v) is 9.77. The second-order valence-electron chi connectivity index (χ2n) is 10.5. The zero-order valence-electron chi connectivity index (χ0n) is 23.8. The number of rotatable bonds is 9. The zero-order chi connectivity index (χ0) is 30.1. The van der Waals surface area contributed by atoms with Crippen LogP contribution in [0.2, 0.25) is 0 Å². The third-order valence-electron chi connectivity index (χ3n) is 7.88. The minimum atomic E-state index is -4.59. The number of methoxy groups -OCH3 is 1. The van der Waals surface area contributed by atoms with Gasteiger partial charge in [-0.25, -0.2) is 8.42 Å². The van der Waals surface area contributed by atoms with Gasteiger partial charge < -0.3 is 25.1 Å². The van der Waals surface area contributed by atoms with Crippen molar-refractivity contribution in [3.8, 4) is 5.75 Å². The van der Waals surface area contributed by atoms with E-state index in [1.54, 1.807) is 0 Å². The maximum Gasteiger partial charge on any atom is 0.418 e. The van der Waals surface area contributed by atoms with Crippen LogP contribution in [0.25, 0.3) is 11.0 Å². The topological polar surface area (TPSA) is 125 Å². The van der Waals surface area contributed by atoms with Gasteiger partial charge in [0, 0.05) is 50.5 Å². The second-order valence-corrected chi connectivity index (χ2v) is 12.5. The van der Waals surface area contributed by atoms with Gasteiger partial charge in [-0.1, -0.05) is 6.92 Å². The number of ether oxygens (including phenoxy) is 2. The van der Waals surface area contributed by atoms with Crippen molar-refractivity contribution in [2.24, 2.45) is 0 Å². The van der Waals surface area contributed by atoms with E-state index in [4.69, 9.17) is 9.47 Å². The lowest BCUT2D eigenvalue weighted by Gasteiger charge is -2.39. The lowest BCUT2D eigenvalue weighted by atomic mass is 10.0. The number of fused-ring (bicyclic) bond motifs is 1. The van der Waals surface area contributed by atoms with Crippen molar-refractivity contribution < 1.29 is 31.1 Å². The number of sulfonamides is 1. The molecular formula is C27H36F3N7O4S. The highest BCUT2D eigenvalue weighted by Gasteiger charge is 2.36. The predicted octanol–water partition coefficient (Wildman–Crippen LogP) is 4.42. The van der Waals surface area contributed by atoms with Gasteiger partial charge in [-0.15, -0.1) is 0 Å².